The molecule has 2 aromatic rings. The van der Waals surface area contributed by atoms with E-state index in [0.717, 1.165) is 24.3 Å². The molecule has 0 spiro atoms. The van der Waals surface area contributed by atoms with Gasteiger partial charge in [0.1, 0.15) is 18.2 Å². The van der Waals surface area contributed by atoms with Crippen LogP contribution in [0.2, 0.25) is 0 Å². The topological polar surface area (TPSA) is 21.3 Å². The Hall–Kier alpha value is -1.58. The maximum Gasteiger partial charge on any atom is 0.123 e. The molecule has 0 heterocycles. The summed E-state index contributed by atoms with van der Waals surface area (Å²) < 4.78 is 18.4. The molecule has 2 nitrogen and oxygen atoms in total. The molecule has 0 bridgehead atoms. The van der Waals surface area contributed by atoms with Crippen molar-refractivity contribution in [3.8, 4) is 5.75 Å². The summed E-state index contributed by atoms with van der Waals surface area (Å²) in [5, 5.41) is 0. The number of rotatable bonds is 6. The number of hydrogen-bond acceptors (Lipinski definition) is 2. The molecule has 0 atom stereocenters. The Morgan fingerprint density at radius 3 is 2.21 bits per heavy atom. The standard InChI is InChI=1S/C15H15ClFNO/c16-18-10-9-12-3-7-15(8-4-12)19-11-13-1-5-14(17)6-2-13/h1-8,18H,9-11H2. The van der Waals surface area contributed by atoms with E-state index >= 15 is 0 Å². The van der Waals surface area contributed by atoms with Gasteiger partial charge in [0.25, 0.3) is 0 Å². The molecule has 0 aliphatic heterocycles. The van der Waals surface area contributed by atoms with Crippen molar-refractivity contribution in [2.75, 3.05) is 6.54 Å². The van der Waals surface area contributed by atoms with Crippen LogP contribution in [0.1, 0.15) is 11.1 Å². The summed E-state index contributed by atoms with van der Waals surface area (Å²) >= 11 is 5.41. The van der Waals surface area contributed by atoms with Crippen LogP contribution in [-0.4, -0.2) is 6.54 Å². The zero-order valence-electron chi connectivity index (χ0n) is 10.4. The van der Waals surface area contributed by atoms with Crippen LogP contribution in [0.4, 0.5) is 4.39 Å². The summed E-state index contributed by atoms with van der Waals surface area (Å²) in [7, 11) is 0. The molecule has 0 unspecified atom stereocenters. The van der Waals surface area contributed by atoms with Gasteiger partial charge in [-0.05, 0) is 53.6 Å². The van der Waals surface area contributed by atoms with Crippen molar-refractivity contribution in [1.29, 1.82) is 0 Å². The number of hydrogen-bond donors (Lipinski definition) is 1. The number of nitrogens with one attached hydrogen (secondary N) is 1. The molecule has 0 saturated heterocycles. The second-order valence-corrected chi connectivity index (χ2v) is 4.46. The minimum absolute atomic E-state index is 0.235. The molecule has 0 fully saturated rings. The first kappa shape index (κ1) is 13.8. The molecule has 0 saturated carbocycles. The van der Waals surface area contributed by atoms with Crippen molar-refractivity contribution >= 4 is 11.8 Å². The van der Waals surface area contributed by atoms with Gasteiger partial charge >= 0.3 is 0 Å². The predicted octanol–water partition coefficient (Wildman–Crippen LogP) is 3.69. The van der Waals surface area contributed by atoms with Gasteiger partial charge in [0.05, 0.1) is 0 Å². The van der Waals surface area contributed by atoms with Crippen LogP contribution in [0.3, 0.4) is 0 Å². The highest BCUT2D eigenvalue weighted by Crippen LogP contribution is 2.14. The molecule has 2 rings (SSSR count). The highest BCUT2D eigenvalue weighted by molar-refractivity contribution is 6.13. The highest BCUT2D eigenvalue weighted by atomic mass is 35.5. The summed E-state index contributed by atoms with van der Waals surface area (Å²) in [5.41, 5.74) is 2.14. The van der Waals surface area contributed by atoms with Crippen molar-refractivity contribution in [3.63, 3.8) is 0 Å². The fraction of sp³-hybridized carbons (Fsp3) is 0.200. The lowest BCUT2D eigenvalue weighted by Crippen LogP contribution is -2.04. The molecule has 100 valence electrons. The monoisotopic (exact) mass is 279 g/mol. The summed E-state index contributed by atoms with van der Waals surface area (Å²) in [6.45, 7) is 1.17. The van der Waals surface area contributed by atoms with Crippen LogP contribution < -0.4 is 9.57 Å². The van der Waals surface area contributed by atoms with Gasteiger partial charge in [0.15, 0.2) is 0 Å². The summed E-state index contributed by atoms with van der Waals surface area (Å²) in [6.07, 6.45) is 0.877. The average Bonchev–Trinajstić information content (AvgIpc) is 2.46. The Kier molecular flexibility index (Phi) is 5.19. The van der Waals surface area contributed by atoms with Crippen LogP contribution in [0.15, 0.2) is 48.5 Å². The van der Waals surface area contributed by atoms with Gasteiger partial charge in [-0.1, -0.05) is 24.3 Å². The Labute approximate surface area is 117 Å². The zero-order valence-corrected chi connectivity index (χ0v) is 11.2. The molecular formula is C15H15ClFNO. The highest BCUT2D eigenvalue weighted by Gasteiger charge is 1.98. The van der Waals surface area contributed by atoms with Crippen molar-refractivity contribution in [1.82, 2.24) is 4.84 Å². The first-order chi connectivity index (χ1) is 9.28. The molecular weight excluding hydrogens is 265 g/mol. The maximum atomic E-state index is 12.7. The lowest BCUT2D eigenvalue weighted by atomic mass is 10.1. The van der Waals surface area contributed by atoms with E-state index in [0.29, 0.717) is 6.61 Å². The molecule has 1 N–H and O–H groups in total. The summed E-state index contributed by atoms with van der Waals surface area (Å²) in [5.74, 6) is 0.563. The van der Waals surface area contributed by atoms with E-state index in [9.17, 15) is 4.39 Å². The Morgan fingerprint density at radius 1 is 0.947 bits per heavy atom. The summed E-state index contributed by atoms with van der Waals surface area (Å²) in [6, 6.07) is 14.2. The van der Waals surface area contributed by atoms with Gasteiger partial charge in [-0.3, -0.25) is 0 Å². The van der Waals surface area contributed by atoms with Crippen LogP contribution in [-0.2, 0) is 13.0 Å². The lowest BCUT2D eigenvalue weighted by molar-refractivity contribution is 0.306. The number of ether oxygens (including phenoxy) is 1. The maximum absolute atomic E-state index is 12.7. The molecule has 0 amide bonds. The van der Waals surface area contributed by atoms with E-state index in [1.54, 1.807) is 12.1 Å². The molecule has 0 radical (unpaired) electrons. The van der Waals surface area contributed by atoms with Gasteiger partial charge in [0.2, 0.25) is 0 Å². The summed E-state index contributed by atoms with van der Waals surface area (Å²) in [4.78, 5) is 2.59. The van der Waals surface area contributed by atoms with Crippen molar-refractivity contribution in [3.05, 3.63) is 65.5 Å². The van der Waals surface area contributed by atoms with E-state index in [4.69, 9.17) is 16.5 Å². The van der Waals surface area contributed by atoms with Crippen LogP contribution in [0.25, 0.3) is 0 Å². The lowest BCUT2D eigenvalue weighted by Gasteiger charge is -2.07. The van der Waals surface area contributed by atoms with Gasteiger partial charge < -0.3 is 4.74 Å². The molecule has 0 aromatic heterocycles. The van der Waals surface area contributed by atoms with Crippen LogP contribution >= 0.6 is 11.8 Å². The fourth-order valence-electron chi connectivity index (χ4n) is 1.69. The van der Waals surface area contributed by atoms with Crippen molar-refractivity contribution in [2.45, 2.75) is 13.0 Å². The first-order valence-electron chi connectivity index (χ1n) is 6.07. The van der Waals surface area contributed by atoms with Crippen LogP contribution in [0, 0.1) is 5.82 Å². The van der Waals surface area contributed by atoms with Crippen molar-refractivity contribution < 1.29 is 9.13 Å². The second-order valence-electron chi connectivity index (χ2n) is 4.19. The second kappa shape index (κ2) is 7.12. The molecule has 19 heavy (non-hydrogen) atoms. The third-order valence-electron chi connectivity index (χ3n) is 2.75. The third-order valence-corrected chi connectivity index (χ3v) is 2.94. The average molecular weight is 280 g/mol. The number of halogens is 2. The third kappa shape index (κ3) is 4.54. The smallest absolute Gasteiger partial charge is 0.123 e. The Balaban J connectivity index is 1.87. The molecule has 2 aromatic carbocycles. The predicted molar refractivity (Wildman–Crippen MR) is 74.7 cm³/mol. The van der Waals surface area contributed by atoms with E-state index in [1.807, 2.05) is 24.3 Å². The van der Waals surface area contributed by atoms with Gasteiger partial charge in [-0.25, -0.2) is 9.23 Å². The largest absolute Gasteiger partial charge is 0.489 e. The van der Waals surface area contributed by atoms with Crippen molar-refractivity contribution in [2.24, 2.45) is 0 Å². The SMILES string of the molecule is Fc1ccc(COc2ccc(CCNCl)cc2)cc1. The first-order valence-corrected chi connectivity index (χ1v) is 6.45. The van der Waals surface area contributed by atoms with E-state index < -0.39 is 0 Å². The molecule has 0 aliphatic carbocycles. The molecule has 4 heteroatoms. The van der Waals surface area contributed by atoms with E-state index in [-0.39, 0.29) is 5.82 Å². The van der Waals surface area contributed by atoms with Gasteiger partial charge in [0, 0.05) is 6.54 Å². The van der Waals surface area contributed by atoms with Gasteiger partial charge in [-0.15, -0.1) is 0 Å². The molecule has 0 aliphatic rings. The van der Waals surface area contributed by atoms with E-state index in [1.165, 1.54) is 17.7 Å². The van der Waals surface area contributed by atoms with Gasteiger partial charge in [-0.2, -0.15) is 0 Å². The fourth-order valence-corrected chi connectivity index (χ4v) is 1.79. The quantitative estimate of drug-likeness (QED) is 0.814. The van der Waals surface area contributed by atoms with Crippen LogP contribution in [0.5, 0.6) is 5.75 Å². The zero-order chi connectivity index (χ0) is 13.5. The Bertz CT molecular complexity index is 499. The Morgan fingerprint density at radius 2 is 1.58 bits per heavy atom. The minimum atomic E-state index is -0.235. The number of benzene rings is 2. The van der Waals surface area contributed by atoms with E-state index in [2.05, 4.69) is 4.84 Å². The normalized spacial score (nSPS) is 10.4. The minimum Gasteiger partial charge on any atom is -0.489 e.